The number of allylic oxidation sites excluding steroid dienone is 1. The van der Waals surface area contributed by atoms with Crippen LogP contribution < -0.4 is 0 Å². The van der Waals surface area contributed by atoms with E-state index in [1.807, 2.05) is 48.5 Å². The van der Waals surface area contributed by atoms with E-state index in [0.717, 1.165) is 16.8 Å². The number of aromatic nitrogens is 1. The Balaban J connectivity index is 1.82. The maximum absolute atomic E-state index is 12.5. The van der Waals surface area contributed by atoms with Crippen molar-refractivity contribution in [3.63, 3.8) is 0 Å². The molecule has 7 heteroatoms. The maximum Gasteiger partial charge on any atom is 0.333 e. The van der Waals surface area contributed by atoms with Crippen molar-refractivity contribution in [1.82, 2.24) is 4.57 Å². The van der Waals surface area contributed by atoms with Gasteiger partial charge in [0.05, 0.1) is 17.7 Å². The van der Waals surface area contributed by atoms with E-state index in [0.29, 0.717) is 14.4 Å². The van der Waals surface area contributed by atoms with E-state index in [1.54, 1.807) is 18.3 Å². The Bertz CT molecular complexity index is 1160. The van der Waals surface area contributed by atoms with Crippen molar-refractivity contribution in [2.24, 2.45) is 4.99 Å². The van der Waals surface area contributed by atoms with Crippen LogP contribution in [0.15, 0.2) is 59.6 Å². The van der Waals surface area contributed by atoms with Crippen molar-refractivity contribution in [2.45, 2.75) is 6.04 Å². The van der Waals surface area contributed by atoms with Gasteiger partial charge in [-0.2, -0.15) is 0 Å². The SMILES string of the molecule is COC(=O)C(c1ccccc1)n1c(O)c(/C=C2\C=Nc3ccccc32)sc1=S. The predicted molar refractivity (Wildman–Crippen MR) is 114 cm³/mol. The molecule has 0 bridgehead atoms. The summed E-state index contributed by atoms with van der Waals surface area (Å²) in [6, 6.07) is 16.0. The summed E-state index contributed by atoms with van der Waals surface area (Å²) in [6.45, 7) is 0. The van der Waals surface area contributed by atoms with Crippen LogP contribution in [0, 0.1) is 3.95 Å². The molecule has 0 saturated carbocycles. The zero-order valence-corrected chi connectivity index (χ0v) is 16.5. The third-order valence-electron chi connectivity index (χ3n) is 4.48. The molecule has 3 aromatic rings. The van der Waals surface area contributed by atoms with Crippen LogP contribution in [0.4, 0.5) is 5.69 Å². The Morgan fingerprint density at radius 1 is 1.21 bits per heavy atom. The van der Waals surface area contributed by atoms with Crippen molar-refractivity contribution in [2.75, 3.05) is 7.11 Å². The van der Waals surface area contributed by atoms with E-state index >= 15 is 0 Å². The number of methoxy groups -OCH3 is 1. The highest BCUT2D eigenvalue weighted by Crippen LogP contribution is 2.38. The molecular formula is C21H16N2O3S2. The minimum Gasteiger partial charge on any atom is -0.493 e. The van der Waals surface area contributed by atoms with Gasteiger partial charge in [0.2, 0.25) is 5.88 Å². The van der Waals surface area contributed by atoms with Gasteiger partial charge in [-0.1, -0.05) is 48.5 Å². The number of hydrogen-bond donors (Lipinski definition) is 1. The number of hydrogen-bond acceptors (Lipinski definition) is 6. The van der Waals surface area contributed by atoms with E-state index in [1.165, 1.54) is 23.0 Å². The molecule has 0 radical (unpaired) electrons. The van der Waals surface area contributed by atoms with Gasteiger partial charge in [0, 0.05) is 17.4 Å². The Kier molecular flexibility index (Phi) is 4.93. The fraction of sp³-hybridized carbons (Fsp3) is 0.0952. The molecular weight excluding hydrogens is 392 g/mol. The second kappa shape index (κ2) is 7.53. The molecule has 0 amide bonds. The average Bonchev–Trinajstić information content (AvgIpc) is 3.25. The molecule has 28 heavy (non-hydrogen) atoms. The number of carbonyl (C=O) groups is 1. The first-order chi connectivity index (χ1) is 13.6. The minimum atomic E-state index is -0.855. The van der Waals surface area contributed by atoms with Crippen LogP contribution in [-0.4, -0.2) is 29.0 Å². The first kappa shape index (κ1) is 18.3. The van der Waals surface area contributed by atoms with Crippen LogP contribution in [0.3, 0.4) is 0 Å². The molecule has 5 nitrogen and oxygen atoms in total. The van der Waals surface area contributed by atoms with Gasteiger partial charge >= 0.3 is 5.97 Å². The zero-order chi connectivity index (χ0) is 19.7. The molecule has 2 aromatic carbocycles. The third-order valence-corrected chi connectivity index (χ3v) is 5.82. The van der Waals surface area contributed by atoms with Crippen LogP contribution in [-0.2, 0) is 9.53 Å². The summed E-state index contributed by atoms with van der Waals surface area (Å²) in [6.07, 6.45) is 3.59. The lowest BCUT2D eigenvalue weighted by molar-refractivity contribution is -0.143. The van der Waals surface area contributed by atoms with Gasteiger partial charge in [-0.15, -0.1) is 11.3 Å². The molecule has 1 aromatic heterocycles. The Labute approximate surface area is 170 Å². The molecule has 0 spiro atoms. The Morgan fingerprint density at radius 2 is 1.93 bits per heavy atom. The molecule has 1 N–H and O–H groups in total. The van der Waals surface area contributed by atoms with Gasteiger partial charge in [-0.25, -0.2) is 4.79 Å². The lowest BCUT2D eigenvalue weighted by Gasteiger charge is -2.17. The van der Waals surface area contributed by atoms with Crippen molar-refractivity contribution < 1.29 is 14.6 Å². The van der Waals surface area contributed by atoms with Gasteiger partial charge in [-0.05, 0) is 29.9 Å². The summed E-state index contributed by atoms with van der Waals surface area (Å²) >= 11 is 6.71. The smallest absolute Gasteiger partial charge is 0.333 e. The molecule has 0 fully saturated rings. The molecule has 0 saturated heterocycles. The van der Waals surface area contributed by atoms with Gasteiger partial charge in [0.25, 0.3) is 0 Å². The number of ether oxygens (including phenoxy) is 1. The van der Waals surface area contributed by atoms with Crippen LogP contribution in [0.5, 0.6) is 5.88 Å². The number of fused-ring (bicyclic) bond motifs is 1. The van der Waals surface area contributed by atoms with E-state index in [-0.39, 0.29) is 5.88 Å². The summed E-state index contributed by atoms with van der Waals surface area (Å²) < 4.78 is 6.79. The number of nitrogens with zero attached hydrogens (tertiary/aromatic N) is 2. The summed E-state index contributed by atoms with van der Waals surface area (Å²) in [5, 5.41) is 10.9. The second-order valence-electron chi connectivity index (χ2n) is 6.14. The number of benzene rings is 2. The van der Waals surface area contributed by atoms with Crippen LogP contribution in [0.25, 0.3) is 11.6 Å². The standard InChI is InChI=1S/C21H16N2O3S2/c1-26-20(25)18(13-7-3-2-4-8-13)23-19(24)17(28-21(23)27)11-14-12-22-16-10-6-5-9-15(14)16/h2-12,18,24H,1H3/b14-11+. The largest absolute Gasteiger partial charge is 0.493 e. The van der Waals surface area contributed by atoms with E-state index < -0.39 is 12.0 Å². The molecule has 140 valence electrons. The minimum absolute atomic E-state index is 0.0699. The van der Waals surface area contributed by atoms with Crippen LogP contribution in [0.2, 0.25) is 0 Å². The van der Waals surface area contributed by atoms with Crippen molar-refractivity contribution in [1.29, 1.82) is 0 Å². The summed E-state index contributed by atoms with van der Waals surface area (Å²) in [7, 11) is 1.32. The Morgan fingerprint density at radius 3 is 2.68 bits per heavy atom. The second-order valence-corrected chi connectivity index (χ2v) is 7.81. The zero-order valence-electron chi connectivity index (χ0n) is 14.9. The number of aromatic hydroxyl groups is 1. The third kappa shape index (κ3) is 3.19. The van der Waals surface area contributed by atoms with Gasteiger partial charge in [0.1, 0.15) is 0 Å². The van der Waals surface area contributed by atoms with Gasteiger partial charge < -0.3 is 9.84 Å². The molecule has 1 aliphatic heterocycles. The highest BCUT2D eigenvalue weighted by atomic mass is 32.1. The maximum atomic E-state index is 12.5. The normalized spacial score (nSPS) is 14.8. The van der Waals surface area contributed by atoms with Crippen molar-refractivity contribution >= 4 is 53.1 Å². The Hall–Kier alpha value is -3.03. The summed E-state index contributed by atoms with van der Waals surface area (Å²) in [5.41, 5.74) is 3.43. The number of esters is 1. The number of rotatable bonds is 4. The highest BCUT2D eigenvalue weighted by molar-refractivity contribution is 7.73. The first-order valence-corrected chi connectivity index (χ1v) is 9.75. The summed E-state index contributed by atoms with van der Waals surface area (Å²) in [5.74, 6) is -0.568. The fourth-order valence-electron chi connectivity index (χ4n) is 3.15. The number of carbonyl (C=O) groups excluding carboxylic acids is 1. The van der Waals surface area contributed by atoms with Crippen LogP contribution >= 0.6 is 23.6 Å². The lowest BCUT2D eigenvalue weighted by Crippen LogP contribution is -2.21. The molecule has 1 aliphatic rings. The fourth-order valence-corrected chi connectivity index (χ4v) is 4.46. The topological polar surface area (TPSA) is 63.8 Å². The first-order valence-electron chi connectivity index (χ1n) is 8.52. The van der Waals surface area contributed by atoms with E-state index in [2.05, 4.69) is 4.99 Å². The molecule has 0 aliphatic carbocycles. The average molecular weight is 409 g/mol. The quantitative estimate of drug-likeness (QED) is 0.487. The monoisotopic (exact) mass is 408 g/mol. The van der Waals surface area contributed by atoms with Crippen LogP contribution in [0.1, 0.15) is 22.0 Å². The van der Waals surface area contributed by atoms with Gasteiger partial charge in [-0.3, -0.25) is 9.56 Å². The molecule has 1 atom stereocenters. The van der Waals surface area contributed by atoms with Gasteiger partial charge in [0.15, 0.2) is 10.00 Å². The van der Waals surface area contributed by atoms with E-state index in [4.69, 9.17) is 17.0 Å². The van der Waals surface area contributed by atoms with Crippen molar-refractivity contribution in [3.8, 4) is 5.88 Å². The van der Waals surface area contributed by atoms with Crippen molar-refractivity contribution in [3.05, 3.63) is 74.6 Å². The molecule has 1 unspecified atom stereocenters. The predicted octanol–water partition coefficient (Wildman–Crippen LogP) is 5.00. The highest BCUT2D eigenvalue weighted by Gasteiger charge is 2.28. The molecule has 4 rings (SSSR count). The molecule has 2 heterocycles. The number of para-hydroxylation sites is 1. The lowest BCUT2D eigenvalue weighted by atomic mass is 10.1. The number of aliphatic imine (C=N–C) groups is 1. The number of thiazole rings is 1. The van der Waals surface area contributed by atoms with E-state index in [9.17, 15) is 9.90 Å². The summed E-state index contributed by atoms with van der Waals surface area (Å²) in [4.78, 5) is 17.4.